The van der Waals surface area contributed by atoms with Crippen molar-refractivity contribution in [3.63, 3.8) is 0 Å². The molecule has 2 aromatic carbocycles. The first-order valence-corrected chi connectivity index (χ1v) is 12.6. The number of aromatic nitrogens is 3. The highest BCUT2D eigenvalue weighted by Crippen LogP contribution is 2.56. The Morgan fingerprint density at radius 3 is 2.50 bits per heavy atom. The molecule has 0 bridgehead atoms. The third kappa shape index (κ3) is 3.37. The number of hydrogen-bond acceptors (Lipinski definition) is 6. The molecule has 40 heavy (non-hydrogen) atoms. The molecule has 2 aliphatic heterocycles. The van der Waals surface area contributed by atoms with Crippen LogP contribution in [-0.2, 0) is 10.3 Å². The van der Waals surface area contributed by atoms with Crippen molar-refractivity contribution >= 4 is 34.8 Å². The molecule has 0 saturated carbocycles. The summed E-state index contributed by atoms with van der Waals surface area (Å²) in [6.45, 7) is 3.83. The zero-order valence-corrected chi connectivity index (χ0v) is 22.5. The molecule has 0 radical (unpaired) electrons. The number of nitrogens with zero attached hydrogens (tertiary/aromatic N) is 4. The zero-order chi connectivity index (χ0) is 28.5. The van der Waals surface area contributed by atoms with E-state index >= 15 is 0 Å². The Kier molecular flexibility index (Phi) is 5.81. The summed E-state index contributed by atoms with van der Waals surface area (Å²) in [6, 6.07) is 8.05. The van der Waals surface area contributed by atoms with E-state index in [1.807, 2.05) is 13.8 Å². The Bertz CT molecular complexity index is 1740. The Morgan fingerprint density at radius 1 is 1.05 bits per heavy atom. The molecule has 4 heterocycles. The molecule has 1 spiro atoms. The van der Waals surface area contributed by atoms with Gasteiger partial charge in [-0.25, -0.2) is 13.8 Å². The van der Waals surface area contributed by atoms with Crippen LogP contribution in [0.5, 0.6) is 11.9 Å². The summed E-state index contributed by atoms with van der Waals surface area (Å²) < 4.78 is 40.8. The Balaban J connectivity index is 1.71. The molecule has 1 unspecified atom stereocenters. The number of nitrogens with one attached hydrogen (secondary N) is 1. The topological polar surface area (TPSA) is 98.6 Å². The molecule has 0 saturated heterocycles. The fourth-order valence-corrected chi connectivity index (χ4v) is 5.82. The van der Waals surface area contributed by atoms with E-state index in [1.165, 1.54) is 31.4 Å². The number of anilines is 2. The van der Waals surface area contributed by atoms with E-state index in [4.69, 9.17) is 21.1 Å². The molecule has 12 heteroatoms. The average Bonchev–Trinajstić information content (AvgIpc) is 3.53. The number of rotatable bonds is 5. The number of amides is 2. The van der Waals surface area contributed by atoms with Crippen molar-refractivity contribution in [3.05, 3.63) is 87.8 Å². The Labute approximate surface area is 232 Å². The molecule has 204 valence electrons. The number of carbonyl (C=O) groups is 2. The molecule has 1 N–H and O–H groups in total. The van der Waals surface area contributed by atoms with Crippen LogP contribution in [0.15, 0.2) is 48.8 Å². The van der Waals surface area contributed by atoms with Crippen LogP contribution in [0, 0.1) is 11.6 Å². The van der Waals surface area contributed by atoms with Crippen LogP contribution in [0.4, 0.5) is 20.2 Å². The van der Waals surface area contributed by atoms with Gasteiger partial charge in [-0.1, -0.05) is 31.5 Å². The minimum absolute atomic E-state index is 0.0182. The van der Waals surface area contributed by atoms with Gasteiger partial charge in [-0.15, -0.1) is 0 Å². The fourth-order valence-electron chi connectivity index (χ4n) is 5.65. The van der Waals surface area contributed by atoms with Gasteiger partial charge >= 0.3 is 6.01 Å². The van der Waals surface area contributed by atoms with E-state index < -0.39 is 29.0 Å². The monoisotopic (exact) mass is 565 g/mol. The highest BCUT2D eigenvalue weighted by atomic mass is 35.5. The van der Waals surface area contributed by atoms with Crippen molar-refractivity contribution in [2.75, 3.05) is 24.4 Å². The van der Waals surface area contributed by atoms with Crippen LogP contribution in [0.2, 0.25) is 5.02 Å². The van der Waals surface area contributed by atoms with E-state index in [0.717, 1.165) is 12.1 Å². The van der Waals surface area contributed by atoms with E-state index in [-0.39, 0.29) is 29.1 Å². The fraction of sp³-hybridized carbons (Fsp3) is 0.214. The molecule has 6 rings (SSSR count). The van der Waals surface area contributed by atoms with Crippen molar-refractivity contribution < 1.29 is 27.8 Å². The summed E-state index contributed by atoms with van der Waals surface area (Å²) in [4.78, 5) is 38.1. The number of fused-ring (bicyclic) bond motifs is 4. The van der Waals surface area contributed by atoms with Crippen LogP contribution >= 0.6 is 11.6 Å². The summed E-state index contributed by atoms with van der Waals surface area (Å²) in [5.74, 6) is -3.40. The third-order valence-corrected chi connectivity index (χ3v) is 7.41. The molecule has 1 atom stereocenters. The van der Waals surface area contributed by atoms with Gasteiger partial charge in [-0.2, -0.15) is 4.98 Å². The largest absolute Gasteiger partial charge is 0.479 e. The lowest BCUT2D eigenvalue weighted by atomic mass is 9.81. The summed E-state index contributed by atoms with van der Waals surface area (Å²) >= 11 is 6.25. The molecule has 0 fully saturated rings. The predicted octanol–water partition coefficient (Wildman–Crippen LogP) is 5.20. The van der Waals surface area contributed by atoms with E-state index in [9.17, 15) is 18.4 Å². The maximum absolute atomic E-state index is 14.5. The second kappa shape index (κ2) is 9.02. The molecule has 2 amide bonds. The summed E-state index contributed by atoms with van der Waals surface area (Å²) in [6.07, 6.45) is 3.09. The second-order valence-corrected chi connectivity index (χ2v) is 10.1. The first kappa shape index (κ1) is 25.8. The van der Waals surface area contributed by atoms with E-state index in [2.05, 4.69) is 15.3 Å². The third-order valence-electron chi connectivity index (χ3n) is 7.18. The lowest BCUT2D eigenvalue weighted by Gasteiger charge is -2.36. The minimum Gasteiger partial charge on any atom is -0.479 e. The van der Waals surface area contributed by atoms with Gasteiger partial charge in [-0.05, 0) is 30.2 Å². The number of benzene rings is 2. The number of carbonyl (C=O) groups excluding carboxylic acids is 2. The molecule has 4 aromatic rings. The summed E-state index contributed by atoms with van der Waals surface area (Å²) in [5.41, 5.74) is 0.719. The van der Waals surface area contributed by atoms with Crippen molar-refractivity contribution in [2.45, 2.75) is 25.3 Å². The van der Waals surface area contributed by atoms with Crippen molar-refractivity contribution in [3.8, 4) is 17.6 Å². The molecule has 2 aromatic heterocycles. The normalized spacial score (nSPS) is 17.4. The average molecular weight is 566 g/mol. The van der Waals surface area contributed by atoms with Crippen molar-refractivity contribution in [1.29, 1.82) is 0 Å². The molecule has 2 aliphatic rings. The van der Waals surface area contributed by atoms with Crippen LogP contribution in [0.25, 0.3) is 5.69 Å². The van der Waals surface area contributed by atoms with Gasteiger partial charge in [0.15, 0.2) is 17.2 Å². The van der Waals surface area contributed by atoms with Gasteiger partial charge in [0.2, 0.25) is 5.88 Å². The molecular formula is C28H22ClF2N5O4. The predicted molar refractivity (Wildman–Crippen MR) is 143 cm³/mol. The maximum Gasteiger partial charge on any atom is 0.319 e. The molecule has 0 aliphatic carbocycles. The van der Waals surface area contributed by atoms with E-state index in [0.29, 0.717) is 33.2 Å². The van der Waals surface area contributed by atoms with E-state index in [1.54, 1.807) is 29.0 Å². The quantitative estimate of drug-likeness (QED) is 0.357. The maximum atomic E-state index is 14.5. The minimum atomic E-state index is -1.75. The van der Waals surface area contributed by atoms with Crippen LogP contribution in [0.3, 0.4) is 0 Å². The highest BCUT2D eigenvalue weighted by Gasteiger charge is 2.63. The SMILES string of the molecule is COc1ncc(-n2cc3c(c2C(C)C)C2(C(=O)Nc4cc(Cl)ccc42)N(c2ccc(F)c(F)c2)C3=O)c(OC)n1. The highest BCUT2D eigenvalue weighted by molar-refractivity contribution is 6.31. The lowest BCUT2D eigenvalue weighted by molar-refractivity contribution is -0.119. The summed E-state index contributed by atoms with van der Waals surface area (Å²) in [5, 5.41) is 3.23. The van der Waals surface area contributed by atoms with Crippen LogP contribution < -0.4 is 19.7 Å². The first-order chi connectivity index (χ1) is 19.1. The van der Waals surface area contributed by atoms with Gasteiger partial charge in [0.05, 0.1) is 26.0 Å². The standard InChI is InChI=1S/C28H22ClF2N5O4/c1-13(2)23-22-16(12-35(23)21-11-32-27(40-4)34-24(21)39-3)25(37)36(15-6-8-18(30)19(31)10-15)28(22)17-7-5-14(29)9-20(17)33-26(28)38/h5-13H,1-4H3,(H,33,38). The molecular weight excluding hydrogens is 544 g/mol. The number of ether oxygens (including phenoxy) is 2. The van der Waals surface area contributed by atoms with Gasteiger partial charge in [0, 0.05) is 45.5 Å². The van der Waals surface area contributed by atoms with Crippen LogP contribution in [-0.4, -0.2) is 40.6 Å². The van der Waals surface area contributed by atoms with Gasteiger partial charge in [0.1, 0.15) is 5.69 Å². The lowest BCUT2D eigenvalue weighted by Crippen LogP contribution is -2.50. The Hall–Kier alpha value is -4.51. The zero-order valence-electron chi connectivity index (χ0n) is 21.8. The van der Waals surface area contributed by atoms with Crippen LogP contribution in [0.1, 0.15) is 46.9 Å². The Morgan fingerprint density at radius 2 is 1.82 bits per heavy atom. The van der Waals surface area contributed by atoms with Gasteiger partial charge < -0.3 is 19.4 Å². The number of hydrogen-bond donors (Lipinski definition) is 1. The number of halogens is 3. The molecule has 9 nitrogen and oxygen atoms in total. The van der Waals surface area contributed by atoms with Gasteiger partial charge in [-0.3, -0.25) is 14.5 Å². The smallest absolute Gasteiger partial charge is 0.319 e. The van der Waals surface area contributed by atoms with Crippen molar-refractivity contribution in [1.82, 2.24) is 14.5 Å². The second-order valence-electron chi connectivity index (χ2n) is 9.67. The summed E-state index contributed by atoms with van der Waals surface area (Å²) in [7, 11) is 2.87. The van der Waals surface area contributed by atoms with Gasteiger partial charge in [0.25, 0.3) is 11.8 Å². The van der Waals surface area contributed by atoms with Crippen molar-refractivity contribution in [2.24, 2.45) is 0 Å². The first-order valence-electron chi connectivity index (χ1n) is 12.3. The number of methoxy groups -OCH3 is 2.